The smallest absolute Gasteiger partial charge is 0.330 e. The van der Waals surface area contributed by atoms with Crippen molar-refractivity contribution in [3.8, 4) is 0 Å². The molecule has 1 aliphatic heterocycles. The molecule has 0 spiro atoms. The van der Waals surface area contributed by atoms with Crippen LogP contribution in [0, 0.1) is 0 Å². The van der Waals surface area contributed by atoms with Crippen LogP contribution in [0.2, 0.25) is 0 Å². The van der Waals surface area contributed by atoms with Gasteiger partial charge >= 0.3 is 5.97 Å². The van der Waals surface area contributed by atoms with E-state index < -0.39 is 0 Å². The number of esters is 1. The van der Waals surface area contributed by atoms with Crippen LogP contribution in [0.3, 0.4) is 0 Å². The number of hydrogen-bond donors (Lipinski definition) is 0. The maximum absolute atomic E-state index is 11.3. The summed E-state index contributed by atoms with van der Waals surface area (Å²) in [5.41, 5.74) is 5.15. The molecule has 3 nitrogen and oxygen atoms in total. The first kappa shape index (κ1) is 17.3. The minimum absolute atomic E-state index is 0.297. The van der Waals surface area contributed by atoms with Gasteiger partial charge in [0.05, 0.1) is 6.61 Å². The fourth-order valence-electron chi connectivity index (χ4n) is 2.97. The van der Waals surface area contributed by atoms with Crippen molar-refractivity contribution in [2.45, 2.75) is 46.6 Å². The molecule has 0 fully saturated rings. The van der Waals surface area contributed by atoms with Crippen molar-refractivity contribution in [1.82, 2.24) is 0 Å². The maximum atomic E-state index is 11.3. The number of rotatable bonds is 5. The third-order valence-electron chi connectivity index (χ3n) is 4.18. The highest BCUT2D eigenvalue weighted by Crippen LogP contribution is 2.31. The van der Waals surface area contributed by atoms with Crippen molar-refractivity contribution in [3.63, 3.8) is 0 Å². The van der Waals surface area contributed by atoms with Crippen LogP contribution < -0.4 is 4.90 Å². The average Bonchev–Trinajstić information content (AvgIpc) is 2.53. The van der Waals surface area contributed by atoms with Gasteiger partial charge in [0.15, 0.2) is 0 Å². The molecule has 3 heteroatoms. The molecule has 0 N–H and O–H groups in total. The molecule has 23 heavy (non-hydrogen) atoms. The van der Waals surface area contributed by atoms with Crippen LogP contribution in [0.5, 0.6) is 0 Å². The lowest BCUT2D eigenvalue weighted by molar-refractivity contribution is -0.137. The van der Waals surface area contributed by atoms with Gasteiger partial charge in [-0.2, -0.15) is 0 Å². The number of ether oxygens (including phenoxy) is 1. The van der Waals surface area contributed by atoms with E-state index in [-0.39, 0.29) is 5.97 Å². The summed E-state index contributed by atoms with van der Waals surface area (Å²) < 4.78 is 4.88. The van der Waals surface area contributed by atoms with Gasteiger partial charge in [0, 0.05) is 24.4 Å². The van der Waals surface area contributed by atoms with Crippen molar-refractivity contribution in [2.75, 3.05) is 18.1 Å². The van der Waals surface area contributed by atoms with Crippen LogP contribution in [-0.2, 0) is 16.0 Å². The Morgan fingerprint density at radius 2 is 2.17 bits per heavy atom. The monoisotopic (exact) mass is 313 g/mol. The van der Waals surface area contributed by atoms with Gasteiger partial charge in [0.2, 0.25) is 0 Å². The van der Waals surface area contributed by atoms with Crippen LogP contribution in [0.15, 0.2) is 36.4 Å². The Morgan fingerprint density at radius 1 is 1.39 bits per heavy atom. The van der Waals surface area contributed by atoms with Crippen LogP contribution in [0.1, 0.15) is 45.2 Å². The Bertz CT molecular complexity index is 614. The van der Waals surface area contributed by atoms with E-state index in [2.05, 4.69) is 43.9 Å². The molecule has 1 aromatic carbocycles. The Morgan fingerprint density at radius 3 is 2.87 bits per heavy atom. The summed E-state index contributed by atoms with van der Waals surface area (Å²) in [6.45, 7) is 9.91. The molecular formula is C20H27NO2. The van der Waals surface area contributed by atoms with Gasteiger partial charge in [-0.25, -0.2) is 4.79 Å². The third kappa shape index (κ3) is 4.47. The largest absolute Gasteiger partial charge is 0.463 e. The molecule has 0 unspecified atom stereocenters. The highest BCUT2D eigenvalue weighted by atomic mass is 16.5. The van der Waals surface area contributed by atoms with Crippen LogP contribution in [-0.4, -0.2) is 25.2 Å². The van der Waals surface area contributed by atoms with Crippen molar-refractivity contribution < 1.29 is 9.53 Å². The Balaban J connectivity index is 2.16. The number of allylic oxidation sites excluding steroid dienone is 3. The molecule has 1 heterocycles. The topological polar surface area (TPSA) is 29.5 Å². The van der Waals surface area contributed by atoms with E-state index in [9.17, 15) is 4.79 Å². The average molecular weight is 313 g/mol. The number of benzene rings is 1. The highest BCUT2D eigenvalue weighted by molar-refractivity contribution is 5.83. The number of carbonyl (C=O) groups excluding carboxylic acids is 1. The lowest BCUT2D eigenvalue weighted by Gasteiger charge is -2.35. The van der Waals surface area contributed by atoms with Crippen molar-refractivity contribution in [1.29, 1.82) is 0 Å². The SMILES string of the molecule is CCOC(=O)/C=C/C=C(\C)c1ccc2c(c1)CCCN2C(C)C. The number of nitrogens with zero attached hydrogens (tertiary/aromatic N) is 1. The molecule has 1 aliphatic rings. The van der Waals surface area contributed by atoms with E-state index in [0.717, 1.165) is 18.5 Å². The molecule has 0 atom stereocenters. The first-order chi connectivity index (χ1) is 11.0. The van der Waals surface area contributed by atoms with Gasteiger partial charge in [0.1, 0.15) is 0 Å². The predicted molar refractivity (Wildman–Crippen MR) is 96.7 cm³/mol. The van der Waals surface area contributed by atoms with E-state index in [1.54, 1.807) is 13.0 Å². The van der Waals surface area contributed by atoms with E-state index in [1.807, 2.05) is 6.08 Å². The molecule has 0 saturated carbocycles. The molecule has 0 saturated heterocycles. The molecule has 124 valence electrons. The molecule has 0 aliphatic carbocycles. The minimum atomic E-state index is -0.297. The normalized spacial score (nSPS) is 15.2. The molecule has 0 bridgehead atoms. The summed E-state index contributed by atoms with van der Waals surface area (Å²) in [4.78, 5) is 13.8. The number of fused-ring (bicyclic) bond motifs is 1. The molecule has 2 rings (SSSR count). The second-order valence-electron chi connectivity index (χ2n) is 6.20. The van der Waals surface area contributed by atoms with Gasteiger partial charge in [0.25, 0.3) is 0 Å². The van der Waals surface area contributed by atoms with Crippen molar-refractivity contribution >= 4 is 17.2 Å². The Labute approximate surface area is 139 Å². The van der Waals surface area contributed by atoms with E-state index in [1.165, 1.54) is 29.3 Å². The molecule has 0 radical (unpaired) electrons. The maximum Gasteiger partial charge on any atom is 0.330 e. The summed E-state index contributed by atoms with van der Waals surface area (Å²) in [6, 6.07) is 7.22. The van der Waals surface area contributed by atoms with Crippen LogP contribution >= 0.6 is 0 Å². The summed E-state index contributed by atoms with van der Waals surface area (Å²) in [5.74, 6) is -0.297. The van der Waals surface area contributed by atoms with Crippen LogP contribution in [0.4, 0.5) is 5.69 Å². The molecule has 0 aromatic heterocycles. The number of carbonyl (C=O) groups is 1. The minimum Gasteiger partial charge on any atom is -0.463 e. The zero-order valence-corrected chi connectivity index (χ0v) is 14.6. The number of anilines is 1. The van der Waals surface area contributed by atoms with Gasteiger partial charge in [-0.1, -0.05) is 18.2 Å². The first-order valence-electron chi connectivity index (χ1n) is 8.44. The summed E-state index contributed by atoms with van der Waals surface area (Å²) in [5, 5.41) is 0. The predicted octanol–water partition coefficient (Wildman–Crippen LogP) is 4.37. The second-order valence-corrected chi connectivity index (χ2v) is 6.20. The van der Waals surface area contributed by atoms with Crippen molar-refractivity contribution in [3.05, 3.63) is 47.6 Å². The van der Waals surface area contributed by atoms with E-state index in [4.69, 9.17) is 4.74 Å². The zero-order chi connectivity index (χ0) is 16.8. The summed E-state index contributed by atoms with van der Waals surface area (Å²) >= 11 is 0. The highest BCUT2D eigenvalue weighted by Gasteiger charge is 2.19. The van der Waals surface area contributed by atoms with E-state index in [0.29, 0.717) is 12.6 Å². The van der Waals surface area contributed by atoms with Crippen LogP contribution in [0.25, 0.3) is 5.57 Å². The lowest BCUT2D eigenvalue weighted by Crippen LogP contribution is -2.35. The van der Waals surface area contributed by atoms with Gasteiger partial charge < -0.3 is 9.64 Å². The summed E-state index contributed by atoms with van der Waals surface area (Å²) in [6.07, 6.45) is 7.53. The fraction of sp³-hybridized carbons (Fsp3) is 0.450. The lowest BCUT2D eigenvalue weighted by atomic mass is 9.95. The number of aryl methyl sites for hydroxylation is 1. The first-order valence-corrected chi connectivity index (χ1v) is 8.44. The van der Waals surface area contributed by atoms with E-state index >= 15 is 0 Å². The zero-order valence-electron chi connectivity index (χ0n) is 14.6. The fourth-order valence-corrected chi connectivity index (χ4v) is 2.97. The molecule has 0 amide bonds. The van der Waals surface area contributed by atoms with Gasteiger partial charge in [-0.3, -0.25) is 0 Å². The molecule has 1 aromatic rings. The second kappa shape index (κ2) is 8.00. The standard InChI is InChI=1S/C20H27NO2/c1-5-23-20(22)10-6-8-16(4)17-11-12-19-18(14-17)9-7-13-21(19)15(2)3/h6,8,10-12,14-15H,5,7,9,13H2,1-4H3/b10-6+,16-8+. The van der Waals surface area contributed by atoms with Gasteiger partial charge in [-0.05, 0) is 69.4 Å². The summed E-state index contributed by atoms with van der Waals surface area (Å²) in [7, 11) is 0. The Hall–Kier alpha value is -2.03. The van der Waals surface area contributed by atoms with Gasteiger partial charge in [-0.15, -0.1) is 0 Å². The quantitative estimate of drug-likeness (QED) is 0.459. The Kier molecular flexibility index (Phi) is 6.03. The number of hydrogen-bond acceptors (Lipinski definition) is 3. The third-order valence-corrected chi connectivity index (χ3v) is 4.18. The van der Waals surface area contributed by atoms with Crippen molar-refractivity contribution in [2.24, 2.45) is 0 Å². The molecular weight excluding hydrogens is 286 g/mol.